The van der Waals surface area contributed by atoms with Crippen molar-refractivity contribution in [3.63, 3.8) is 0 Å². The van der Waals surface area contributed by atoms with E-state index in [4.69, 9.17) is 4.74 Å². The van der Waals surface area contributed by atoms with Crippen LogP contribution in [0.2, 0.25) is 0 Å². The van der Waals surface area contributed by atoms with E-state index in [-0.39, 0.29) is 12.3 Å². The maximum absolute atomic E-state index is 11.6. The van der Waals surface area contributed by atoms with E-state index in [2.05, 4.69) is 4.98 Å². The molecule has 5 heteroatoms. The number of methoxy groups -OCH3 is 1. The van der Waals surface area contributed by atoms with E-state index < -0.39 is 0 Å². The monoisotopic (exact) mass is 196 g/mol. The molecule has 0 fully saturated rings. The molecule has 0 N–H and O–H groups in total. The van der Waals surface area contributed by atoms with Gasteiger partial charge in [-0.2, -0.15) is 0 Å². The quantitative estimate of drug-likeness (QED) is 0.721. The van der Waals surface area contributed by atoms with Crippen LogP contribution < -0.4 is 5.56 Å². The van der Waals surface area contributed by atoms with Gasteiger partial charge in [-0.1, -0.05) is 0 Å². The van der Waals surface area contributed by atoms with Crippen LogP contribution in [0.25, 0.3) is 10.2 Å². The van der Waals surface area contributed by atoms with Crippen molar-refractivity contribution in [2.45, 2.75) is 6.73 Å². The molecule has 2 heterocycles. The minimum Gasteiger partial charge on any atom is -0.364 e. The first-order valence-corrected chi connectivity index (χ1v) is 4.62. The highest BCUT2D eigenvalue weighted by Crippen LogP contribution is 2.12. The summed E-state index contributed by atoms with van der Waals surface area (Å²) in [6, 6.07) is 1.83. The molecule has 0 aliphatic carbocycles. The topological polar surface area (TPSA) is 44.1 Å². The van der Waals surface area contributed by atoms with Crippen molar-refractivity contribution < 1.29 is 4.74 Å². The Labute approximate surface area is 78.4 Å². The van der Waals surface area contributed by atoms with Gasteiger partial charge in [-0.15, -0.1) is 11.3 Å². The molecule has 0 amide bonds. The van der Waals surface area contributed by atoms with Gasteiger partial charge in [-0.25, -0.2) is 4.98 Å². The van der Waals surface area contributed by atoms with Crippen molar-refractivity contribution in [2.75, 3.05) is 7.11 Å². The van der Waals surface area contributed by atoms with E-state index in [1.165, 1.54) is 22.2 Å². The first-order valence-electron chi connectivity index (χ1n) is 3.74. The summed E-state index contributed by atoms with van der Waals surface area (Å²) in [7, 11) is 1.55. The van der Waals surface area contributed by atoms with Gasteiger partial charge in [0.2, 0.25) is 0 Å². The number of rotatable bonds is 2. The molecule has 0 atom stereocenters. The van der Waals surface area contributed by atoms with E-state index in [0.29, 0.717) is 4.70 Å². The summed E-state index contributed by atoms with van der Waals surface area (Å²) in [5, 5.41) is 1.86. The molecule has 0 aromatic carbocycles. The zero-order valence-electron chi connectivity index (χ0n) is 7.06. The lowest BCUT2D eigenvalue weighted by Gasteiger charge is -2.01. The molecule has 2 rings (SSSR count). The third kappa shape index (κ3) is 1.36. The molecule has 68 valence electrons. The van der Waals surface area contributed by atoms with Crippen LogP contribution in [-0.4, -0.2) is 16.7 Å². The number of nitrogens with zero attached hydrogens (tertiary/aromatic N) is 2. The Morgan fingerprint density at radius 2 is 2.54 bits per heavy atom. The minimum absolute atomic E-state index is 0.0400. The summed E-state index contributed by atoms with van der Waals surface area (Å²) in [4.78, 5) is 15.7. The molecule has 0 saturated heterocycles. The lowest BCUT2D eigenvalue weighted by molar-refractivity contribution is 0.128. The lowest BCUT2D eigenvalue weighted by atomic mass is 10.5. The average Bonchev–Trinajstić information content (AvgIpc) is 2.58. The zero-order valence-corrected chi connectivity index (χ0v) is 7.87. The third-order valence-corrected chi connectivity index (χ3v) is 2.60. The molecule has 13 heavy (non-hydrogen) atoms. The largest absolute Gasteiger partial charge is 0.364 e. The number of hydrogen-bond donors (Lipinski definition) is 0. The van der Waals surface area contributed by atoms with Crippen LogP contribution in [0.5, 0.6) is 0 Å². The fraction of sp³-hybridized carbons (Fsp3) is 0.250. The Hall–Kier alpha value is -1.20. The number of ether oxygens (including phenoxy) is 1. The Morgan fingerprint density at radius 3 is 3.31 bits per heavy atom. The fourth-order valence-corrected chi connectivity index (χ4v) is 1.90. The van der Waals surface area contributed by atoms with Gasteiger partial charge >= 0.3 is 0 Å². The van der Waals surface area contributed by atoms with Crippen LogP contribution >= 0.6 is 11.3 Å². The minimum atomic E-state index is -0.0400. The van der Waals surface area contributed by atoms with Crippen molar-refractivity contribution >= 4 is 21.6 Å². The number of thiophene rings is 1. The molecular weight excluding hydrogens is 188 g/mol. The average molecular weight is 196 g/mol. The van der Waals surface area contributed by atoms with Crippen molar-refractivity contribution in [2.24, 2.45) is 0 Å². The first kappa shape index (κ1) is 8.40. The lowest BCUT2D eigenvalue weighted by Crippen LogP contribution is -2.20. The molecule has 0 radical (unpaired) electrons. The maximum Gasteiger partial charge on any atom is 0.273 e. The summed E-state index contributed by atoms with van der Waals surface area (Å²) >= 11 is 1.40. The van der Waals surface area contributed by atoms with Gasteiger partial charge in [0, 0.05) is 7.11 Å². The predicted octanol–water partition coefficient (Wildman–Crippen LogP) is 1.06. The van der Waals surface area contributed by atoms with E-state index in [1.807, 2.05) is 11.4 Å². The summed E-state index contributed by atoms with van der Waals surface area (Å²) in [5.41, 5.74) is 0.712. The van der Waals surface area contributed by atoms with Crippen LogP contribution in [0.4, 0.5) is 0 Å². The second kappa shape index (κ2) is 3.27. The Morgan fingerprint density at radius 1 is 1.69 bits per heavy atom. The van der Waals surface area contributed by atoms with Crippen LogP contribution in [0.1, 0.15) is 0 Å². The number of fused-ring (bicyclic) bond motifs is 1. The van der Waals surface area contributed by atoms with Crippen LogP contribution in [0.15, 0.2) is 22.6 Å². The molecule has 0 unspecified atom stereocenters. The van der Waals surface area contributed by atoms with Crippen LogP contribution in [-0.2, 0) is 11.5 Å². The summed E-state index contributed by atoms with van der Waals surface area (Å²) in [5.74, 6) is 0. The van der Waals surface area contributed by atoms with Gasteiger partial charge in [0.1, 0.15) is 17.8 Å². The number of hydrogen-bond acceptors (Lipinski definition) is 4. The Kier molecular flexibility index (Phi) is 2.12. The van der Waals surface area contributed by atoms with Gasteiger partial charge in [-0.05, 0) is 11.4 Å². The number of aromatic nitrogens is 2. The highest BCUT2D eigenvalue weighted by Gasteiger charge is 2.03. The van der Waals surface area contributed by atoms with Gasteiger partial charge in [0.15, 0.2) is 0 Å². The van der Waals surface area contributed by atoms with Crippen molar-refractivity contribution in [3.05, 3.63) is 28.1 Å². The normalized spacial score (nSPS) is 10.8. The van der Waals surface area contributed by atoms with Crippen molar-refractivity contribution in [1.82, 2.24) is 9.55 Å². The zero-order chi connectivity index (χ0) is 9.26. The van der Waals surface area contributed by atoms with Gasteiger partial charge < -0.3 is 4.74 Å². The molecule has 0 saturated carbocycles. The van der Waals surface area contributed by atoms with Crippen LogP contribution in [0, 0.1) is 0 Å². The maximum atomic E-state index is 11.6. The van der Waals surface area contributed by atoms with E-state index in [0.717, 1.165) is 5.52 Å². The molecular formula is C8H8N2O2S. The highest BCUT2D eigenvalue weighted by molar-refractivity contribution is 7.17. The summed E-state index contributed by atoms with van der Waals surface area (Å²) in [6.07, 6.45) is 1.50. The van der Waals surface area contributed by atoms with Crippen LogP contribution in [0.3, 0.4) is 0 Å². The van der Waals surface area contributed by atoms with E-state index in [9.17, 15) is 4.79 Å². The third-order valence-electron chi connectivity index (χ3n) is 1.70. The molecule has 2 aromatic rings. The molecule has 0 bridgehead atoms. The standard InChI is InChI=1S/C8H8N2O2S/c1-12-5-10-4-9-6-2-3-13-7(6)8(10)11/h2-4H,5H2,1H3. The summed E-state index contributed by atoms with van der Waals surface area (Å²) in [6.45, 7) is 0.250. The Balaban J connectivity index is 2.67. The first-order chi connectivity index (χ1) is 6.33. The van der Waals surface area contributed by atoms with Crippen molar-refractivity contribution in [3.8, 4) is 0 Å². The summed E-state index contributed by atoms with van der Waals surface area (Å²) < 4.78 is 6.99. The predicted molar refractivity (Wildman–Crippen MR) is 50.9 cm³/mol. The van der Waals surface area contributed by atoms with Crippen molar-refractivity contribution in [1.29, 1.82) is 0 Å². The molecule has 0 aliphatic heterocycles. The second-order valence-corrected chi connectivity index (χ2v) is 3.49. The second-order valence-electron chi connectivity index (χ2n) is 2.57. The van der Waals surface area contributed by atoms with Gasteiger partial charge in [0.25, 0.3) is 5.56 Å². The van der Waals surface area contributed by atoms with Gasteiger partial charge in [0.05, 0.1) is 5.52 Å². The van der Waals surface area contributed by atoms with Gasteiger partial charge in [-0.3, -0.25) is 9.36 Å². The molecule has 0 aliphatic rings. The smallest absolute Gasteiger partial charge is 0.273 e. The Bertz CT molecular complexity index is 474. The highest BCUT2D eigenvalue weighted by atomic mass is 32.1. The molecule has 4 nitrogen and oxygen atoms in total. The molecule has 0 spiro atoms. The van der Waals surface area contributed by atoms with E-state index in [1.54, 1.807) is 7.11 Å². The SMILES string of the molecule is COCn1cnc2ccsc2c1=O. The molecule has 2 aromatic heterocycles. The van der Waals surface area contributed by atoms with E-state index >= 15 is 0 Å². The fourth-order valence-electron chi connectivity index (χ4n) is 1.11.